The molecule has 1 amide bonds. The average molecular weight is 343 g/mol. The lowest BCUT2D eigenvalue weighted by molar-refractivity contribution is -0.149. The molecule has 6 nitrogen and oxygen atoms in total. The van der Waals surface area contributed by atoms with Crippen LogP contribution in [0.25, 0.3) is 6.08 Å². The minimum Gasteiger partial charge on any atom is -0.497 e. The summed E-state index contributed by atoms with van der Waals surface area (Å²) in [6.07, 6.45) is 4.29. The largest absolute Gasteiger partial charge is 0.497 e. The first-order valence-corrected chi connectivity index (χ1v) is 8.57. The molecule has 132 valence electrons. The van der Waals surface area contributed by atoms with E-state index in [9.17, 15) is 14.7 Å². The topological polar surface area (TPSA) is 76.1 Å². The van der Waals surface area contributed by atoms with Gasteiger partial charge in [-0.15, -0.1) is 0 Å². The predicted octanol–water partition coefficient (Wildman–Crippen LogP) is 2.18. The average Bonchev–Trinajstić information content (AvgIpc) is 3.18. The van der Waals surface area contributed by atoms with Gasteiger partial charge in [0.25, 0.3) is 5.91 Å². The second-order valence-corrected chi connectivity index (χ2v) is 7.10. The molecule has 1 saturated carbocycles. The van der Waals surface area contributed by atoms with Crippen molar-refractivity contribution in [1.29, 1.82) is 0 Å². The van der Waals surface area contributed by atoms with Crippen molar-refractivity contribution in [2.45, 2.75) is 19.3 Å². The smallest absolute Gasteiger partial charge is 0.311 e. The van der Waals surface area contributed by atoms with Gasteiger partial charge in [-0.05, 0) is 43.0 Å². The van der Waals surface area contributed by atoms with Crippen molar-refractivity contribution in [2.24, 2.45) is 11.3 Å². The van der Waals surface area contributed by atoms with Gasteiger partial charge < -0.3 is 19.5 Å². The highest BCUT2D eigenvalue weighted by molar-refractivity contribution is 6.00. The summed E-state index contributed by atoms with van der Waals surface area (Å²) in [6, 6.07) is 5.47. The Bertz CT molecular complexity index is 771. The molecule has 3 aliphatic rings. The van der Waals surface area contributed by atoms with Crippen molar-refractivity contribution in [2.75, 3.05) is 26.8 Å². The van der Waals surface area contributed by atoms with Crippen LogP contribution in [0.5, 0.6) is 11.5 Å². The van der Waals surface area contributed by atoms with Gasteiger partial charge >= 0.3 is 5.97 Å². The van der Waals surface area contributed by atoms with Gasteiger partial charge in [-0.2, -0.15) is 0 Å². The first kappa shape index (κ1) is 16.0. The lowest BCUT2D eigenvalue weighted by atomic mass is 9.81. The van der Waals surface area contributed by atoms with Gasteiger partial charge in [-0.3, -0.25) is 9.59 Å². The van der Waals surface area contributed by atoms with E-state index in [0.717, 1.165) is 24.2 Å². The Morgan fingerprint density at radius 2 is 2.24 bits per heavy atom. The number of methoxy groups -OCH3 is 1. The summed E-state index contributed by atoms with van der Waals surface area (Å²) >= 11 is 0. The summed E-state index contributed by atoms with van der Waals surface area (Å²) < 4.78 is 10.9. The zero-order valence-corrected chi connectivity index (χ0v) is 14.2. The molecule has 2 atom stereocenters. The molecule has 2 heterocycles. The number of carboxylic acids is 1. The molecule has 25 heavy (non-hydrogen) atoms. The maximum Gasteiger partial charge on any atom is 0.311 e. The predicted molar refractivity (Wildman–Crippen MR) is 90.5 cm³/mol. The molecular formula is C19H21NO5. The van der Waals surface area contributed by atoms with Crippen LogP contribution in [-0.4, -0.2) is 48.7 Å². The van der Waals surface area contributed by atoms with Crippen LogP contribution in [0.3, 0.4) is 0 Å². The van der Waals surface area contributed by atoms with E-state index >= 15 is 0 Å². The maximum absolute atomic E-state index is 12.9. The number of amides is 1. The monoisotopic (exact) mass is 343 g/mol. The van der Waals surface area contributed by atoms with Crippen LogP contribution in [0.2, 0.25) is 0 Å². The van der Waals surface area contributed by atoms with Gasteiger partial charge in [-0.25, -0.2) is 0 Å². The first-order chi connectivity index (χ1) is 12.0. The fourth-order valence-electron chi connectivity index (χ4n) is 4.40. The van der Waals surface area contributed by atoms with Crippen LogP contribution in [0, 0.1) is 11.3 Å². The molecule has 6 heteroatoms. The number of fused-ring (bicyclic) bond motifs is 2. The number of rotatable bonds is 3. The number of carboxylic acid groups (broad SMARTS) is 1. The number of benzene rings is 1. The Labute approximate surface area is 146 Å². The molecule has 0 bridgehead atoms. The summed E-state index contributed by atoms with van der Waals surface area (Å²) in [5, 5.41) is 9.68. The highest BCUT2D eigenvalue weighted by Gasteiger charge is 2.56. The molecule has 1 aromatic carbocycles. The first-order valence-electron chi connectivity index (χ1n) is 8.57. The number of nitrogens with zero attached hydrogens (tertiary/aromatic N) is 1. The molecule has 1 aromatic rings. The summed E-state index contributed by atoms with van der Waals surface area (Å²) in [5.74, 6) is 0.592. The van der Waals surface area contributed by atoms with Crippen LogP contribution in [0.4, 0.5) is 0 Å². The van der Waals surface area contributed by atoms with Crippen molar-refractivity contribution in [3.05, 3.63) is 29.3 Å². The van der Waals surface area contributed by atoms with Crippen molar-refractivity contribution >= 4 is 18.0 Å². The van der Waals surface area contributed by atoms with E-state index in [0.29, 0.717) is 30.8 Å². The highest BCUT2D eigenvalue weighted by Crippen LogP contribution is 2.49. The van der Waals surface area contributed by atoms with Crippen LogP contribution in [-0.2, 0) is 9.59 Å². The van der Waals surface area contributed by atoms with Gasteiger partial charge in [0, 0.05) is 18.7 Å². The third-order valence-electron chi connectivity index (χ3n) is 5.79. The second kappa shape index (κ2) is 5.79. The summed E-state index contributed by atoms with van der Waals surface area (Å²) in [7, 11) is 1.59. The molecule has 0 unspecified atom stereocenters. The van der Waals surface area contributed by atoms with Gasteiger partial charge in [-0.1, -0.05) is 6.42 Å². The Balaban J connectivity index is 1.58. The van der Waals surface area contributed by atoms with E-state index in [-0.39, 0.29) is 18.4 Å². The molecule has 1 saturated heterocycles. The van der Waals surface area contributed by atoms with Crippen molar-refractivity contribution in [3.8, 4) is 11.5 Å². The molecule has 4 rings (SSSR count). The fraction of sp³-hybridized carbons (Fsp3) is 0.474. The Kier molecular flexibility index (Phi) is 3.71. The normalized spacial score (nSPS) is 27.2. The van der Waals surface area contributed by atoms with E-state index in [2.05, 4.69) is 0 Å². The van der Waals surface area contributed by atoms with Gasteiger partial charge in [0.2, 0.25) is 0 Å². The Hall–Kier alpha value is -2.50. The quantitative estimate of drug-likeness (QED) is 0.910. The molecule has 0 radical (unpaired) electrons. The molecule has 0 spiro atoms. The fourth-order valence-corrected chi connectivity index (χ4v) is 4.40. The number of hydrogen-bond donors (Lipinski definition) is 1. The summed E-state index contributed by atoms with van der Waals surface area (Å²) in [4.78, 5) is 26.4. The van der Waals surface area contributed by atoms with E-state index in [1.165, 1.54) is 0 Å². The number of ether oxygens (including phenoxy) is 2. The van der Waals surface area contributed by atoms with E-state index < -0.39 is 11.4 Å². The van der Waals surface area contributed by atoms with Crippen molar-refractivity contribution in [3.63, 3.8) is 0 Å². The van der Waals surface area contributed by atoms with Crippen LogP contribution in [0.1, 0.15) is 24.8 Å². The van der Waals surface area contributed by atoms with Crippen molar-refractivity contribution < 1.29 is 24.2 Å². The number of likely N-dealkylation sites (tertiary alicyclic amines) is 1. The molecule has 1 N–H and O–H groups in total. The highest BCUT2D eigenvalue weighted by atomic mass is 16.5. The van der Waals surface area contributed by atoms with E-state index in [1.807, 2.05) is 24.3 Å². The molecule has 1 aliphatic carbocycles. The number of hydrogen-bond acceptors (Lipinski definition) is 4. The minimum atomic E-state index is -0.769. The number of aliphatic carboxylic acids is 1. The minimum absolute atomic E-state index is 0.0615. The zero-order valence-electron chi connectivity index (χ0n) is 14.2. The molecule has 2 aliphatic heterocycles. The lowest BCUT2D eigenvalue weighted by Gasteiger charge is -2.25. The second-order valence-electron chi connectivity index (χ2n) is 7.10. The summed E-state index contributed by atoms with van der Waals surface area (Å²) in [5.41, 5.74) is 0.606. The Morgan fingerprint density at radius 3 is 2.96 bits per heavy atom. The van der Waals surface area contributed by atoms with Crippen molar-refractivity contribution in [1.82, 2.24) is 4.90 Å². The summed E-state index contributed by atoms with van der Waals surface area (Å²) in [6.45, 7) is 1.03. The van der Waals surface area contributed by atoms with Crippen LogP contribution < -0.4 is 9.47 Å². The number of carbonyl (C=O) groups is 2. The molecule has 0 aromatic heterocycles. The van der Waals surface area contributed by atoms with E-state index in [1.54, 1.807) is 12.0 Å². The van der Waals surface area contributed by atoms with Gasteiger partial charge in [0.05, 0.1) is 18.1 Å². The van der Waals surface area contributed by atoms with E-state index in [4.69, 9.17) is 9.47 Å². The van der Waals surface area contributed by atoms with Crippen LogP contribution in [0.15, 0.2) is 23.8 Å². The van der Waals surface area contributed by atoms with Gasteiger partial charge in [0.15, 0.2) is 0 Å². The number of carbonyl (C=O) groups excluding carboxylic acids is 1. The van der Waals surface area contributed by atoms with Gasteiger partial charge in [0.1, 0.15) is 18.1 Å². The molecule has 2 fully saturated rings. The maximum atomic E-state index is 12.9. The lowest BCUT2D eigenvalue weighted by Crippen LogP contribution is -2.38. The third kappa shape index (κ3) is 2.47. The third-order valence-corrected chi connectivity index (χ3v) is 5.79. The van der Waals surface area contributed by atoms with Crippen LogP contribution >= 0.6 is 0 Å². The SMILES string of the molecule is COc1ccc2c(c1)C=C(C(=O)N1C[C@@H]3CCC[C@@]3(C(=O)O)C1)CO2. The Morgan fingerprint density at radius 1 is 1.40 bits per heavy atom. The molecular weight excluding hydrogens is 322 g/mol. The zero-order chi connectivity index (χ0) is 17.6. The standard InChI is InChI=1S/C19H21NO5/c1-24-15-4-5-16-12(8-15)7-13(10-25-16)17(21)20-9-14-3-2-6-19(14,11-20)18(22)23/h4-5,7-8,14H,2-3,6,9-11H2,1H3,(H,22,23)/t14-,19+/m0/s1.